The van der Waals surface area contributed by atoms with E-state index in [1.165, 1.54) is 12.7 Å². The summed E-state index contributed by atoms with van der Waals surface area (Å²) in [4.78, 5) is 14.5. The molecule has 0 bridgehead atoms. The van der Waals surface area contributed by atoms with Gasteiger partial charge in [0.2, 0.25) is 0 Å². The van der Waals surface area contributed by atoms with Crippen molar-refractivity contribution in [2.75, 3.05) is 0 Å². The third kappa shape index (κ3) is 1.70. The molecule has 0 amide bonds. The van der Waals surface area contributed by atoms with Crippen LogP contribution < -0.4 is 0 Å². The minimum absolute atomic E-state index is 0.363. The molecular weight excluding hydrogens is 234 g/mol. The maximum absolute atomic E-state index is 10.7. The number of carbonyl (C=O) groups excluding carboxylic acids is 1. The molecule has 90 valence electrons. The van der Waals surface area contributed by atoms with Crippen molar-refractivity contribution in [1.82, 2.24) is 4.98 Å². The van der Waals surface area contributed by atoms with Crippen molar-refractivity contribution >= 4 is 17.3 Å². The fourth-order valence-corrected chi connectivity index (χ4v) is 1.79. The number of aliphatic hydroxyl groups excluding tert-OH is 1. The highest BCUT2D eigenvalue weighted by atomic mass is 16.4. The first kappa shape index (κ1) is 10.7. The zero-order valence-corrected chi connectivity index (χ0v) is 9.24. The molecule has 1 unspecified atom stereocenters. The maximum Gasteiger partial charge on any atom is 0.180 e. The first-order chi connectivity index (χ1) is 8.78. The third-order valence-electron chi connectivity index (χ3n) is 2.70. The second-order valence-corrected chi connectivity index (χ2v) is 3.88. The number of aromatic nitrogens is 1. The van der Waals surface area contributed by atoms with Gasteiger partial charge in [0, 0.05) is 10.9 Å². The molecule has 1 atom stereocenters. The van der Waals surface area contributed by atoms with Crippen LogP contribution >= 0.6 is 0 Å². The van der Waals surface area contributed by atoms with Crippen LogP contribution in [0.1, 0.15) is 27.9 Å². The number of aliphatic hydroxyl groups is 1. The lowest BCUT2D eigenvalue weighted by molar-refractivity contribution is 0.112. The number of carbonyl (C=O) groups is 1. The van der Waals surface area contributed by atoms with Gasteiger partial charge in [-0.1, -0.05) is 0 Å². The van der Waals surface area contributed by atoms with E-state index in [-0.39, 0.29) is 0 Å². The van der Waals surface area contributed by atoms with Crippen LogP contribution in [0.25, 0.3) is 11.0 Å². The number of benzene rings is 1. The van der Waals surface area contributed by atoms with Crippen LogP contribution in [0.3, 0.4) is 0 Å². The van der Waals surface area contributed by atoms with Crippen molar-refractivity contribution in [1.29, 1.82) is 0 Å². The summed E-state index contributed by atoms with van der Waals surface area (Å²) < 4.78 is 10.3. The summed E-state index contributed by atoms with van der Waals surface area (Å²) in [5.74, 6) is 0.363. The second-order valence-electron chi connectivity index (χ2n) is 3.88. The molecular formula is C13H9NO4. The van der Waals surface area contributed by atoms with E-state index in [1.807, 2.05) is 0 Å². The summed E-state index contributed by atoms with van der Waals surface area (Å²) in [6, 6.07) is 6.73. The molecule has 3 rings (SSSR count). The average molecular weight is 243 g/mol. The van der Waals surface area contributed by atoms with Gasteiger partial charge in [0.05, 0.1) is 0 Å². The van der Waals surface area contributed by atoms with Crippen molar-refractivity contribution in [3.05, 3.63) is 53.9 Å². The van der Waals surface area contributed by atoms with Crippen LogP contribution in [0.4, 0.5) is 0 Å². The molecule has 1 N–H and O–H groups in total. The predicted molar refractivity (Wildman–Crippen MR) is 62.2 cm³/mol. The monoisotopic (exact) mass is 243 g/mol. The van der Waals surface area contributed by atoms with Crippen LogP contribution in [-0.2, 0) is 0 Å². The predicted octanol–water partition coefficient (Wildman–Crippen LogP) is 2.32. The molecule has 0 radical (unpaired) electrons. The number of oxazole rings is 1. The average Bonchev–Trinajstić information content (AvgIpc) is 3.05. The minimum atomic E-state index is -0.976. The Morgan fingerprint density at radius 3 is 2.94 bits per heavy atom. The van der Waals surface area contributed by atoms with Gasteiger partial charge in [0.25, 0.3) is 0 Å². The standard InChI is InChI=1S/C13H9NO4/c15-5-8-1-2-11-9(3-8)4-12(18-11)13(16)10-6-17-7-14-10/h1-7,13,16H. The van der Waals surface area contributed by atoms with Gasteiger partial charge in [0.15, 0.2) is 12.5 Å². The summed E-state index contributed by atoms with van der Waals surface area (Å²) >= 11 is 0. The smallest absolute Gasteiger partial charge is 0.180 e. The molecule has 0 aliphatic heterocycles. The number of fused-ring (bicyclic) bond motifs is 1. The highest BCUT2D eigenvalue weighted by Crippen LogP contribution is 2.27. The molecule has 2 heterocycles. The molecule has 1 aromatic carbocycles. The zero-order chi connectivity index (χ0) is 12.5. The number of hydrogen-bond acceptors (Lipinski definition) is 5. The quantitative estimate of drug-likeness (QED) is 0.714. The number of hydrogen-bond donors (Lipinski definition) is 1. The highest BCUT2D eigenvalue weighted by Gasteiger charge is 2.18. The molecule has 3 aromatic rings. The molecule has 2 aromatic heterocycles. The maximum atomic E-state index is 10.7. The van der Waals surface area contributed by atoms with Gasteiger partial charge in [-0.2, -0.15) is 0 Å². The van der Waals surface area contributed by atoms with Crippen molar-refractivity contribution < 1.29 is 18.7 Å². The number of nitrogens with zero attached hydrogens (tertiary/aromatic N) is 1. The Morgan fingerprint density at radius 1 is 1.33 bits per heavy atom. The summed E-state index contributed by atoms with van der Waals surface area (Å²) in [5, 5.41) is 10.8. The van der Waals surface area contributed by atoms with Crippen LogP contribution in [0.2, 0.25) is 0 Å². The molecule has 0 fully saturated rings. The summed E-state index contributed by atoms with van der Waals surface area (Å²) in [5.41, 5.74) is 1.55. The Kier molecular flexibility index (Phi) is 2.46. The summed E-state index contributed by atoms with van der Waals surface area (Å²) in [6.45, 7) is 0. The third-order valence-corrected chi connectivity index (χ3v) is 2.70. The van der Waals surface area contributed by atoms with E-state index in [0.717, 1.165) is 11.7 Å². The topological polar surface area (TPSA) is 76.5 Å². The van der Waals surface area contributed by atoms with E-state index in [4.69, 9.17) is 8.83 Å². The Labute approximate surface area is 102 Å². The first-order valence-corrected chi connectivity index (χ1v) is 5.33. The van der Waals surface area contributed by atoms with Gasteiger partial charge in [-0.3, -0.25) is 4.79 Å². The summed E-state index contributed by atoms with van der Waals surface area (Å²) in [6.07, 6.45) is 2.39. The molecule has 0 aliphatic rings. The number of aldehydes is 1. The molecule has 0 saturated carbocycles. The van der Waals surface area contributed by atoms with Gasteiger partial charge < -0.3 is 13.9 Å². The Morgan fingerprint density at radius 2 is 2.22 bits per heavy atom. The highest BCUT2D eigenvalue weighted by molar-refractivity contribution is 5.86. The molecule has 0 spiro atoms. The molecule has 18 heavy (non-hydrogen) atoms. The van der Waals surface area contributed by atoms with Crippen molar-refractivity contribution in [3.8, 4) is 0 Å². The Balaban J connectivity index is 2.05. The Bertz CT molecular complexity index is 684. The van der Waals surface area contributed by atoms with E-state index in [2.05, 4.69) is 4.98 Å². The van der Waals surface area contributed by atoms with E-state index in [0.29, 0.717) is 22.6 Å². The van der Waals surface area contributed by atoms with Crippen LogP contribution in [0.5, 0.6) is 0 Å². The molecule has 0 aliphatic carbocycles. The summed E-state index contributed by atoms with van der Waals surface area (Å²) in [7, 11) is 0. The number of furan rings is 1. The van der Waals surface area contributed by atoms with Crippen molar-refractivity contribution in [2.24, 2.45) is 0 Å². The lowest BCUT2D eigenvalue weighted by Crippen LogP contribution is -1.97. The molecule has 5 nitrogen and oxygen atoms in total. The van der Waals surface area contributed by atoms with Crippen LogP contribution in [0, 0.1) is 0 Å². The molecule has 0 saturated heterocycles. The number of rotatable bonds is 3. The van der Waals surface area contributed by atoms with E-state index in [1.54, 1.807) is 24.3 Å². The fraction of sp³-hybridized carbons (Fsp3) is 0.0769. The Hall–Kier alpha value is -2.40. The van der Waals surface area contributed by atoms with Crippen LogP contribution in [0.15, 0.2) is 45.8 Å². The van der Waals surface area contributed by atoms with Crippen LogP contribution in [-0.4, -0.2) is 16.4 Å². The lowest BCUT2D eigenvalue weighted by atomic mass is 10.1. The van der Waals surface area contributed by atoms with Gasteiger partial charge in [-0.25, -0.2) is 4.98 Å². The minimum Gasteiger partial charge on any atom is -0.458 e. The van der Waals surface area contributed by atoms with E-state index in [9.17, 15) is 9.90 Å². The molecule has 5 heteroatoms. The second kappa shape index (κ2) is 4.12. The van der Waals surface area contributed by atoms with Gasteiger partial charge in [0.1, 0.15) is 29.6 Å². The van der Waals surface area contributed by atoms with E-state index < -0.39 is 6.10 Å². The van der Waals surface area contributed by atoms with Gasteiger partial charge >= 0.3 is 0 Å². The van der Waals surface area contributed by atoms with Gasteiger partial charge in [-0.15, -0.1) is 0 Å². The fourth-order valence-electron chi connectivity index (χ4n) is 1.79. The van der Waals surface area contributed by atoms with Crippen molar-refractivity contribution in [2.45, 2.75) is 6.10 Å². The largest absolute Gasteiger partial charge is 0.458 e. The van der Waals surface area contributed by atoms with Crippen molar-refractivity contribution in [3.63, 3.8) is 0 Å². The first-order valence-electron chi connectivity index (χ1n) is 5.33. The SMILES string of the molecule is O=Cc1ccc2oc(C(O)c3cocn3)cc2c1. The van der Waals surface area contributed by atoms with Gasteiger partial charge in [-0.05, 0) is 24.3 Å². The normalized spacial score (nSPS) is 12.7. The lowest BCUT2D eigenvalue weighted by Gasteiger charge is -2.01. The van der Waals surface area contributed by atoms with E-state index >= 15 is 0 Å². The zero-order valence-electron chi connectivity index (χ0n) is 9.24.